The number of thiophene rings is 1. The highest BCUT2D eigenvalue weighted by Gasteiger charge is 2.48. The number of hydrogen-bond donors (Lipinski definition) is 0. The molecule has 0 bridgehead atoms. The lowest BCUT2D eigenvalue weighted by molar-refractivity contribution is -0.137. The van der Waals surface area contributed by atoms with Crippen molar-refractivity contribution in [1.29, 1.82) is 5.26 Å². The minimum Gasteiger partial charge on any atom is -0.384 e. The molecule has 2 aliphatic heterocycles. The van der Waals surface area contributed by atoms with Crippen molar-refractivity contribution in [2.45, 2.75) is 25.4 Å². The van der Waals surface area contributed by atoms with Gasteiger partial charge in [0.05, 0.1) is 30.2 Å². The summed E-state index contributed by atoms with van der Waals surface area (Å²) < 4.78 is 45.9. The molecule has 1 amide bonds. The van der Waals surface area contributed by atoms with Gasteiger partial charge in [-0.2, -0.15) is 29.8 Å². The molecule has 5 nitrogen and oxygen atoms in total. The van der Waals surface area contributed by atoms with Crippen molar-refractivity contribution in [3.63, 3.8) is 0 Å². The smallest absolute Gasteiger partial charge is 0.384 e. The van der Waals surface area contributed by atoms with Crippen LogP contribution in [0.4, 0.5) is 18.9 Å². The predicted octanol–water partition coefficient (Wildman–Crippen LogP) is 4.57. The molecule has 1 atom stereocenters. The Bertz CT molecular complexity index is 1020. The normalized spacial score (nSPS) is 20.3. The number of nitrogens with zero attached hydrogens (tertiary/aromatic N) is 3. The molecule has 9 heteroatoms. The van der Waals surface area contributed by atoms with E-state index >= 15 is 0 Å². The lowest BCUT2D eigenvalue weighted by Crippen LogP contribution is -2.47. The van der Waals surface area contributed by atoms with E-state index in [0.717, 1.165) is 24.5 Å². The van der Waals surface area contributed by atoms with E-state index in [0.29, 0.717) is 44.9 Å². The maximum Gasteiger partial charge on any atom is 0.417 e. The second-order valence-electron chi connectivity index (χ2n) is 8.92. The van der Waals surface area contributed by atoms with Crippen LogP contribution in [-0.2, 0) is 22.1 Å². The summed E-state index contributed by atoms with van der Waals surface area (Å²) >= 11 is 1.57. The number of anilines is 1. The zero-order valence-corrected chi connectivity index (χ0v) is 19.2. The zero-order chi connectivity index (χ0) is 23.6. The quantitative estimate of drug-likeness (QED) is 0.633. The average molecular weight is 478 g/mol. The van der Waals surface area contributed by atoms with Gasteiger partial charge in [-0.1, -0.05) is 0 Å². The summed E-state index contributed by atoms with van der Waals surface area (Å²) in [5, 5.41) is 13.0. The highest BCUT2D eigenvalue weighted by Crippen LogP contribution is 2.47. The van der Waals surface area contributed by atoms with E-state index in [1.165, 1.54) is 6.07 Å². The Labute approximate surface area is 195 Å². The Morgan fingerprint density at radius 2 is 2.06 bits per heavy atom. The lowest BCUT2D eigenvalue weighted by atomic mass is 9.71. The Morgan fingerprint density at radius 1 is 1.30 bits per heavy atom. The van der Waals surface area contributed by atoms with Crippen molar-refractivity contribution in [3.05, 3.63) is 51.7 Å². The number of alkyl halides is 3. The molecule has 1 spiro atoms. The molecule has 33 heavy (non-hydrogen) atoms. The molecule has 0 saturated carbocycles. The molecule has 2 fully saturated rings. The SMILES string of the molecule is COCC1CN(c2ccc(C#N)c(C(F)(F)F)c2)CC12CCN(C(=O)Cc1ccsc1)CC2. The maximum absolute atomic E-state index is 13.5. The van der Waals surface area contributed by atoms with Crippen molar-refractivity contribution in [2.75, 3.05) is 44.8 Å². The third kappa shape index (κ3) is 4.87. The van der Waals surface area contributed by atoms with Gasteiger partial charge in [-0.15, -0.1) is 0 Å². The molecule has 0 aliphatic carbocycles. The minimum atomic E-state index is -4.58. The number of piperidine rings is 1. The van der Waals surface area contributed by atoms with E-state index < -0.39 is 11.7 Å². The van der Waals surface area contributed by atoms with Gasteiger partial charge in [0.2, 0.25) is 5.91 Å². The molecule has 2 aromatic rings. The van der Waals surface area contributed by atoms with E-state index in [4.69, 9.17) is 10.00 Å². The van der Waals surface area contributed by atoms with Crippen molar-refractivity contribution < 1.29 is 22.7 Å². The molecule has 176 valence electrons. The second-order valence-corrected chi connectivity index (χ2v) is 9.70. The first kappa shape index (κ1) is 23.6. The first-order valence-electron chi connectivity index (χ1n) is 10.9. The number of nitriles is 1. The first-order chi connectivity index (χ1) is 15.8. The van der Waals surface area contributed by atoms with E-state index in [1.54, 1.807) is 30.6 Å². The lowest BCUT2D eigenvalue weighted by Gasteiger charge is -2.42. The van der Waals surface area contributed by atoms with Gasteiger partial charge in [0, 0.05) is 44.9 Å². The third-order valence-corrected chi connectivity index (χ3v) is 7.75. The number of likely N-dealkylation sites (tertiary alicyclic amines) is 1. The number of hydrogen-bond acceptors (Lipinski definition) is 5. The van der Waals surface area contributed by atoms with Crippen LogP contribution < -0.4 is 4.90 Å². The maximum atomic E-state index is 13.5. The second kappa shape index (κ2) is 9.35. The number of carbonyl (C=O) groups excluding carboxylic acids is 1. The molecule has 2 saturated heterocycles. The van der Waals surface area contributed by atoms with E-state index in [-0.39, 0.29) is 22.8 Å². The summed E-state index contributed by atoms with van der Waals surface area (Å²) in [7, 11) is 1.64. The van der Waals surface area contributed by atoms with Crippen LogP contribution in [0.15, 0.2) is 35.0 Å². The summed E-state index contributed by atoms with van der Waals surface area (Å²) in [6, 6.07) is 7.53. The third-order valence-electron chi connectivity index (χ3n) is 7.02. The number of amides is 1. The summed E-state index contributed by atoms with van der Waals surface area (Å²) in [5.41, 5.74) is 0.0966. The fraction of sp³-hybridized carbons (Fsp3) is 0.500. The van der Waals surface area contributed by atoms with Crippen LogP contribution in [0, 0.1) is 22.7 Å². The molecule has 4 rings (SSSR count). The summed E-state index contributed by atoms with van der Waals surface area (Å²) in [6.07, 6.45) is -2.61. The Hall–Kier alpha value is -2.57. The fourth-order valence-electron chi connectivity index (χ4n) is 5.17. The van der Waals surface area contributed by atoms with Crippen molar-refractivity contribution >= 4 is 22.9 Å². The molecule has 1 unspecified atom stereocenters. The summed E-state index contributed by atoms with van der Waals surface area (Å²) in [6.45, 7) is 2.98. The number of halogens is 3. The van der Waals surface area contributed by atoms with Crippen LogP contribution in [0.5, 0.6) is 0 Å². The molecular formula is C24H26F3N3O2S. The molecule has 0 N–H and O–H groups in total. The van der Waals surface area contributed by atoms with Gasteiger partial charge in [0.1, 0.15) is 0 Å². The van der Waals surface area contributed by atoms with Gasteiger partial charge in [0.25, 0.3) is 0 Å². The van der Waals surface area contributed by atoms with E-state index in [2.05, 4.69) is 0 Å². The van der Waals surface area contributed by atoms with Crippen LogP contribution in [-0.4, -0.2) is 50.7 Å². The monoisotopic (exact) mass is 477 g/mol. The fourth-order valence-corrected chi connectivity index (χ4v) is 5.84. The average Bonchev–Trinajstić information content (AvgIpc) is 3.42. The predicted molar refractivity (Wildman–Crippen MR) is 120 cm³/mol. The minimum absolute atomic E-state index is 0.114. The topological polar surface area (TPSA) is 56.6 Å². The largest absolute Gasteiger partial charge is 0.417 e. The number of rotatable bonds is 5. The van der Waals surface area contributed by atoms with Gasteiger partial charge >= 0.3 is 6.18 Å². The van der Waals surface area contributed by atoms with Crippen molar-refractivity contribution in [1.82, 2.24) is 4.90 Å². The zero-order valence-electron chi connectivity index (χ0n) is 18.4. The molecule has 1 aromatic heterocycles. The van der Waals surface area contributed by atoms with Gasteiger partial charge in [-0.05, 0) is 58.8 Å². The molecule has 2 aliphatic rings. The van der Waals surface area contributed by atoms with Crippen LogP contribution in [0.3, 0.4) is 0 Å². The highest BCUT2D eigenvalue weighted by molar-refractivity contribution is 7.08. The summed E-state index contributed by atoms with van der Waals surface area (Å²) in [5.74, 6) is 0.268. The van der Waals surface area contributed by atoms with Crippen LogP contribution >= 0.6 is 11.3 Å². The van der Waals surface area contributed by atoms with Crippen molar-refractivity contribution in [2.24, 2.45) is 11.3 Å². The Balaban J connectivity index is 1.50. The molecule has 1 aromatic carbocycles. The van der Waals surface area contributed by atoms with Crippen molar-refractivity contribution in [3.8, 4) is 6.07 Å². The number of benzene rings is 1. The molecule has 3 heterocycles. The van der Waals surface area contributed by atoms with Gasteiger partial charge in [-0.3, -0.25) is 4.79 Å². The summed E-state index contributed by atoms with van der Waals surface area (Å²) in [4.78, 5) is 16.6. The van der Waals surface area contributed by atoms with Crippen LogP contribution in [0.2, 0.25) is 0 Å². The van der Waals surface area contributed by atoms with Gasteiger partial charge < -0.3 is 14.5 Å². The standard InChI is InChI=1S/C24H26F3N3O2S/c1-32-14-19-13-30(20-3-2-18(12-28)21(11-20)24(25,26)27)16-23(19)5-7-29(8-6-23)22(31)10-17-4-9-33-15-17/h2-4,9,11,15,19H,5-8,10,13-14,16H2,1H3. The Kier molecular flexibility index (Phi) is 6.68. The first-order valence-corrected chi connectivity index (χ1v) is 11.8. The molecular weight excluding hydrogens is 451 g/mol. The van der Waals surface area contributed by atoms with E-state index in [1.807, 2.05) is 26.6 Å². The number of ether oxygens (including phenoxy) is 1. The Morgan fingerprint density at radius 3 is 2.67 bits per heavy atom. The van der Waals surface area contributed by atoms with Gasteiger partial charge in [0.15, 0.2) is 0 Å². The van der Waals surface area contributed by atoms with Gasteiger partial charge in [-0.25, -0.2) is 0 Å². The van der Waals surface area contributed by atoms with Crippen LogP contribution in [0.25, 0.3) is 0 Å². The molecule has 0 radical (unpaired) electrons. The highest BCUT2D eigenvalue weighted by atomic mass is 32.1. The van der Waals surface area contributed by atoms with E-state index in [9.17, 15) is 18.0 Å². The van der Waals surface area contributed by atoms with Crippen LogP contribution in [0.1, 0.15) is 29.5 Å². The number of methoxy groups -OCH3 is 1. The number of carbonyl (C=O) groups is 1.